The molecule has 0 radical (unpaired) electrons. The monoisotopic (exact) mass is 170 g/mol. The van der Waals surface area contributed by atoms with E-state index in [1.165, 1.54) is 0 Å². The first-order valence-electron chi connectivity index (χ1n) is 3.84. The molecule has 0 fully saturated rings. The molecular weight excluding hydrogens is 156 g/mol. The molecule has 1 rings (SSSR count). The summed E-state index contributed by atoms with van der Waals surface area (Å²) < 4.78 is 0. The average molecular weight is 170 g/mol. The quantitative estimate of drug-likeness (QED) is 0.606. The van der Waals surface area contributed by atoms with Crippen molar-refractivity contribution in [3.8, 4) is 0 Å². The molecule has 0 aromatic heterocycles. The van der Waals surface area contributed by atoms with E-state index in [-0.39, 0.29) is 5.54 Å². The van der Waals surface area contributed by atoms with Gasteiger partial charge in [-0.25, -0.2) is 0 Å². The Morgan fingerprint density at radius 2 is 2.09 bits per heavy atom. The van der Waals surface area contributed by atoms with Gasteiger partial charge in [-0.05, 0) is 19.8 Å². The standard InChI is InChI=1S/C8H14N2S/c1-5(2)8(4)7(11)9-6(3)10-8/h5H,1-4H3,(H,9,10,11). The lowest BCUT2D eigenvalue weighted by atomic mass is 9.90. The zero-order valence-electron chi connectivity index (χ0n) is 7.43. The fraction of sp³-hybridized carbons (Fsp3) is 0.750. The molecule has 0 aliphatic carbocycles. The number of hydrogen-bond donors (Lipinski definition) is 1. The minimum atomic E-state index is -0.167. The molecule has 11 heavy (non-hydrogen) atoms. The summed E-state index contributed by atoms with van der Waals surface area (Å²) in [5.74, 6) is 1.39. The molecule has 3 heteroatoms. The fourth-order valence-electron chi connectivity index (χ4n) is 1.11. The lowest BCUT2D eigenvalue weighted by Crippen LogP contribution is -2.39. The van der Waals surface area contributed by atoms with Crippen LogP contribution in [0.3, 0.4) is 0 Å². The van der Waals surface area contributed by atoms with Crippen LogP contribution >= 0.6 is 12.2 Å². The van der Waals surface area contributed by atoms with E-state index in [2.05, 4.69) is 31.1 Å². The number of amidine groups is 1. The van der Waals surface area contributed by atoms with E-state index in [9.17, 15) is 0 Å². The Hall–Kier alpha value is -0.440. The second-order valence-corrected chi connectivity index (χ2v) is 3.86. The zero-order chi connectivity index (χ0) is 8.65. The van der Waals surface area contributed by atoms with Crippen molar-refractivity contribution in [3.05, 3.63) is 0 Å². The topological polar surface area (TPSA) is 24.4 Å². The Kier molecular flexibility index (Phi) is 2.01. The number of nitrogens with one attached hydrogen (secondary N) is 1. The summed E-state index contributed by atoms with van der Waals surface area (Å²) in [4.78, 5) is 5.32. The van der Waals surface area contributed by atoms with Gasteiger partial charge in [-0.2, -0.15) is 0 Å². The van der Waals surface area contributed by atoms with Crippen LogP contribution in [0.15, 0.2) is 4.99 Å². The van der Waals surface area contributed by atoms with E-state index >= 15 is 0 Å². The lowest BCUT2D eigenvalue weighted by Gasteiger charge is -2.24. The first kappa shape index (κ1) is 8.65. The van der Waals surface area contributed by atoms with Crippen LogP contribution in [0.5, 0.6) is 0 Å². The number of aliphatic imine (C=N–C) groups is 1. The van der Waals surface area contributed by atoms with Crippen LogP contribution in [-0.2, 0) is 0 Å². The highest BCUT2D eigenvalue weighted by Gasteiger charge is 2.36. The maximum absolute atomic E-state index is 5.18. The molecule has 1 heterocycles. The van der Waals surface area contributed by atoms with Crippen molar-refractivity contribution < 1.29 is 0 Å². The van der Waals surface area contributed by atoms with E-state index in [4.69, 9.17) is 12.2 Å². The maximum atomic E-state index is 5.18. The first-order valence-corrected chi connectivity index (χ1v) is 4.25. The van der Waals surface area contributed by atoms with Crippen molar-refractivity contribution >= 4 is 23.0 Å². The van der Waals surface area contributed by atoms with Crippen LogP contribution < -0.4 is 5.32 Å². The van der Waals surface area contributed by atoms with Crippen molar-refractivity contribution in [3.63, 3.8) is 0 Å². The second kappa shape index (κ2) is 2.55. The Morgan fingerprint density at radius 3 is 2.27 bits per heavy atom. The lowest BCUT2D eigenvalue weighted by molar-refractivity contribution is 0.460. The molecule has 0 aromatic carbocycles. The fourth-order valence-corrected chi connectivity index (χ4v) is 1.54. The molecule has 0 saturated carbocycles. The molecule has 0 bridgehead atoms. The van der Waals surface area contributed by atoms with Gasteiger partial charge in [-0.3, -0.25) is 4.99 Å². The normalized spacial score (nSPS) is 30.6. The van der Waals surface area contributed by atoms with Gasteiger partial charge in [0.2, 0.25) is 0 Å². The molecule has 1 N–H and O–H groups in total. The average Bonchev–Trinajstić information content (AvgIpc) is 2.08. The highest BCUT2D eigenvalue weighted by molar-refractivity contribution is 7.80. The Bertz CT molecular complexity index is 220. The summed E-state index contributed by atoms with van der Waals surface area (Å²) >= 11 is 5.18. The van der Waals surface area contributed by atoms with Crippen molar-refractivity contribution in [1.29, 1.82) is 0 Å². The molecule has 0 amide bonds. The molecule has 0 spiro atoms. The van der Waals surface area contributed by atoms with Crippen LogP contribution in [0.2, 0.25) is 0 Å². The smallest absolute Gasteiger partial charge is 0.112 e. The summed E-state index contributed by atoms with van der Waals surface area (Å²) in [6.45, 7) is 8.29. The van der Waals surface area contributed by atoms with E-state index in [0.717, 1.165) is 10.8 Å². The summed E-state index contributed by atoms with van der Waals surface area (Å²) in [6.07, 6.45) is 0. The Morgan fingerprint density at radius 1 is 1.55 bits per heavy atom. The molecule has 1 aliphatic rings. The van der Waals surface area contributed by atoms with Gasteiger partial charge < -0.3 is 5.32 Å². The third kappa shape index (κ3) is 1.29. The minimum Gasteiger partial charge on any atom is -0.337 e. The molecule has 2 nitrogen and oxygen atoms in total. The first-order chi connectivity index (χ1) is 4.97. The molecular formula is C8H14N2S. The zero-order valence-corrected chi connectivity index (χ0v) is 8.25. The van der Waals surface area contributed by atoms with Crippen LogP contribution in [0.25, 0.3) is 0 Å². The molecule has 1 aliphatic heterocycles. The Labute approximate surface area is 73.1 Å². The molecule has 0 saturated heterocycles. The van der Waals surface area contributed by atoms with Crippen molar-refractivity contribution in [2.75, 3.05) is 0 Å². The van der Waals surface area contributed by atoms with E-state index < -0.39 is 0 Å². The van der Waals surface area contributed by atoms with Crippen molar-refractivity contribution in [2.24, 2.45) is 10.9 Å². The van der Waals surface area contributed by atoms with Gasteiger partial charge in [-0.15, -0.1) is 0 Å². The third-order valence-corrected chi connectivity index (χ3v) is 2.79. The van der Waals surface area contributed by atoms with E-state index in [0.29, 0.717) is 5.92 Å². The number of hydrogen-bond acceptors (Lipinski definition) is 2. The summed E-state index contributed by atoms with van der Waals surface area (Å²) in [5.41, 5.74) is -0.167. The number of thiocarbonyl (C=S) groups is 1. The maximum Gasteiger partial charge on any atom is 0.112 e. The van der Waals surface area contributed by atoms with Gasteiger partial charge in [0.15, 0.2) is 0 Å². The van der Waals surface area contributed by atoms with Gasteiger partial charge >= 0.3 is 0 Å². The minimum absolute atomic E-state index is 0.167. The summed E-state index contributed by atoms with van der Waals surface area (Å²) in [7, 11) is 0. The van der Waals surface area contributed by atoms with Gasteiger partial charge in [-0.1, -0.05) is 26.1 Å². The summed E-state index contributed by atoms with van der Waals surface area (Å²) in [6, 6.07) is 0. The predicted molar refractivity (Wildman–Crippen MR) is 52.1 cm³/mol. The van der Waals surface area contributed by atoms with Crippen LogP contribution in [0.1, 0.15) is 27.7 Å². The third-order valence-electron chi connectivity index (χ3n) is 2.28. The van der Waals surface area contributed by atoms with E-state index in [1.54, 1.807) is 0 Å². The molecule has 0 aromatic rings. The predicted octanol–water partition coefficient (Wildman–Crippen LogP) is 1.75. The van der Waals surface area contributed by atoms with Gasteiger partial charge in [0.05, 0.1) is 5.84 Å². The molecule has 62 valence electrons. The highest BCUT2D eigenvalue weighted by atomic mass is 32.1. The van der Waals surface area contributed by atoms with Gasteiger partial charge in [0, 0.05) is 0 Å². The van der Waals surface area contributed by atoms with Crippen LogP contribution in [0.4, 0.5) is 0 Å². The number of rotatable bonds is 1. The molecule has 1 atom stereocenters. The molecule has 1 unspecified atom stereocenters. The van der Waals surface area contributed by atoms with Gasteiger partial charge in [0.1, 0.15) is 10.5 Å². The summed E-state index contributed by atoms with van der Waals surface area (Å²) in [5, 5.41) is 3.07. The highest BCUT2D eigenvalue weighted by Crippen LogP contribution is 2.25. The van der Waals surface area contributed by atoms with Gasteiger partial charge in [0.25, 0.3) is 0 Å². The SMILES string of the molecule is CC1=NC(C)(C(C)C)C(=S)N1. The van der Waals surface area contributed by atoms with Crippen molar-refractivity contribution in [1.82, 2.24) is 5.32 Å². The largest absolute Gasteiger partial charge is 0.337 e. The van der Waals surface area contributed by atoms with Crippen molar-refractivity contribution in [2.45, 2.75) is 33.2 Å². The second-order valence-electron chi connectivity index (χ2n) is 3.45. The Balaban J connectivity index is 2.94. The van der Waals surface area contributed by atoms with Crippen LogP contribution in [-0.4, -0.2) is 16.4 Å². The number of nitrogens with zero attached hydrogens (tertiary/aromatic N) is 1. The van der Waals surface area contributed by atoms with Crippen LogP contribution in [0, 0.1) is 5.92 Å². The van der Waals surface area contributed by atoms with E-state index in [1.807, 2.05) is 6.92 Å².